The van der Waals surface area contributed by atoms with Crippen molar-refractivity contribution < 1.29 is 5.11 Å². The second-order valence-corrected chi connectivity index (χ2v) is 10.7. The molecule has 3 heteroatoms. The van der Waals surface area contributed by atoms with Gasteiger partial charge >= 0.3 is 0 Å². The summed E-state index contributed by atoms with van der Waals surface area (Å²) in [5, 5.41) is 16.7. The van der Waals surface area contributed by atoms with Gasteiger partial charge in [0.05, 0.1) is 27.8 Å². The fourth-order valence-corrected chi connectivity index (χ4v) is 6.81. The maximum atomic E-state index is 12.0. The van der Waals surface area contributed by atoms with Crippen LogP contribution in [0.2, 0.25) is 0 Å². The summed E-state index contributed by atoms with van der Waals surface area (Å²) < 4.78 is 4.50. The van der Waals surface area contributed by atoms with E-state index in [9.17, 15) is 5.11 Å². The second kappa shape index (κ2) is 7.95. The van der Waals surface area contributed by atoms with Crippen LogP contribution in [0.3, 0.4) is 0 Å². The standard InChI is InChI=1S/C37H24N2O/c40-37-29-13-7-8-14-32(29)38-33-19-15-25(23-9-3-1-4-10-23)21-30(33)27-17-18-28-31-22-26(24-11-5-2-6-12-24)16-20-34(31)39(37)36(28)35(27)38/h1-22,37,40H. The molecule has 0 saturated carbocycles. The molecule has 1 aliphatic heterocycles. The fourth-order valence-electron chi connectivity index (χ4n) is 6.81. The molecular formula is C37H24N2O. The molecule has 188 valence electrons. The van der Waals surface area contributed by atoms with E-state index in [-0.39, 0.29) is 0 Å². The Bertz CT molecular complexity index is 2270. The quantitative estimate of drug-likeness (QED) is 0.246. The minimum atomic E-state index is -0.803. The molecule has 8 aromatic rings. The second-order valence-electron chi connectivity index (χ2n) is 10.7. The van der Waals surface area contributed by atoms with Gasteiger partial charge in [-0.25, -0.2) is 0 Å². The highest BCUT2D eigenvalue weighted by molar-refractivity contribution is 6.24. The zero-order chi connectivity index (χ0) is 26.4. The Morgan fingerprint density at radius 3 is 1.68 bits per heavy atom. The number of nitrogens with zero attached hydrogens (tertiary/aromatic N) is 2. The number of fused-ring (bicyclic) bond motifs is 8. The van der Waals surface area contributed by atoms with Gasteiger partial charge in [-0.05, 0) is 52.6 Å². The van der Waals surface area contributed by atoms with E-state index in [1.807, 2.05) is 12.1 Å². The van der Waals surface area contributed by atoms with E-state index in [2.05, 4.69) is 130 Å². The molecule has 2 aromatic heterocycles. The minimum absolute atomic E-state index is 0.803. The number of aliphatic hydroxyl groups is 1. The molecule has 0 amide bonds. The third-order valence-electron chi connectivity index (χ3n) is 8.60. The molecule has 0 fully saturated rings. The first-order chi connectivity index (χ1) is 19.8. The Morgan fingerprint density at radius 1 is 0.450 bits per heavy atom. The lowest BCUT2D eigenvalue weighted by Crippen LogP contribution is -2.10. The monoisotopic (exact) mass is 512 g/mol. The van der Waals surface area contributed by atoms with E-state index < -0.39 is 6.23 Å². The minimum Gasteiger partial charge on any atom is -0.369 e. The van der Waals surface area contributed by atoms with Gasteiger partial charge < -0.3 is 14.2 Å². The van der Waals surface area contributed by atoms with Gasteiger partial charge in [0.1, 0.15) is 0 Å². The van der Waals surface area contributed by atoms with Crippen LogP contribution in [0, 0.1) is 0 Å². The highest BCUT2D eigenvalue weighted by atomic mass is 16.3. The molecule has 1 atom stereocenters. The van der Waals surface area contributed by atoms with Crippen LogP contribution < -0.4 is 0 Å². The van der Waals surface area contributed by atoms with E-state index in [4.69, 9.17) is 0 Å². The van der Waals surface area contributed by atoms with Crippen molar-refractivity contribution in [3.05, 3.63) is 139 Å². The van der Waals surface area contributed by atoms with Crippen molar-refractivity contribution >= 4 is 43.6 Å². The van der Waals surface area contributed by atoms with Crippen LogP contribution in [0.15, 0.2) is 133 Å². The summed E-state index contributed by atoms with van der Waals surface area (Å²) in [6.07, 6.45) is -0.803. The maximum absolute atomic E-state index is 12.0. The lowest BCUT2D eigenvalue weighted by atomic mass is 10.0. The number of hydrogen-bond acceptors (Lipinski definition) is 1. The first-order valence-electron chi connectivity index (χ1n) is 13.7. The maximum Gasteiger partial charge on any atom is 0.159 e. The SMILES string of the molecule is OC1c2ccccc2-n2c3ccc(-c4ccccc4)cc3c3ccc4c5cc(-c6ccccc6)ccc5n1c4c32. The van der Waals surface area contributed by atoms with Crippen LogP contribution >= 0.6 is 0 Å². The lowest BCUT2D eigenvalue weighted by molar-refractivity contribution is 0.156. The summed E-state index contributed by atoms with van der Waals surface area (Å²) in [4.78, 5) is 0. The van der Waals surface area contributed by atoms with E-state index in [0.29, 0.717) is 0 Å². The number of rotatable bonds is 2. The average molecular weight is 513 g/mol. The molecule has 0 bridgehead atoms. The molecular weight excluding hydrogens is 488 g/mol. The smallest absolute Gasteiger partial charge is 0.159 e. The van der Waals surface area contributed by atoms with E-state index in [1.54, 1.807) is 0 Å². The van der Waals surface area contributed by atoms with Gasteiger partial charge in [-0.1, -0.05) is 103 Å². The van der Waals surface area contributed by atoms with E-state index in [0.717, 1.165) is 44.1 Å². The molecule has 9 rings (SSSR count). The first kappa shape index (κ1) is 21.8. The van der Waals surface area contributed by atoms with Gasteiger partial charge in [0.2, 0.25) is 0 Å². The van der Waals surface area contributed by atoms with Crippen molar-refractivity contribution in [2.45, 2.75) is 6.23 Å². The molecule has 0 spiro atoms. The predicted octanol–water partition coefficient (Wildman–Crippen LogP) is 9.08. The Labute approximate surface area is 230 Å². The number of hydrogen-bond donors (Lipinski definition) is 1. The van der Waals surface area contributed by atoms with Crippen molar-refractivity contribution in [3.63, 3.8) is 0 Å². The van der Waals surface area contributed by atoms with E-state index >= 15 is 0 Å². The molecule has 1 aliphatic rings. The normalized spacial score (nSPS) is 14.4. The summed E-state index contributed by atoms with van der Waals surface area (Å²) in [5.41, 5.74) is 11.1. The highest BCUT2D eigenvalue weighted by Gasteiger charge is 2.29. The van der Waals surface area contributed by atoms with Crippen molar-refractivity contribution in [2.75, 3.05) is 0 Å². The van der Waals surface area contributed by atoms with Gasteiger partial charge in [-0.3, -0.25) is 0 Å². The molecule has 6 aromatic carbocycles. The van der Waals surface area contributed by atoms with Crippen molar-refractivity contribution in [3.8, 4) is 27.9 Å². The highest BCUT2D eigenvalue weighted by Crippen LogP contribution is 2.46. The molecule has 1 N–H and O–H groups in total. The van der Waals surface area contributed by atoms with Gasteiger partial charge in [0, 0.05) is 27.1 Å². The Balaban J connectivity index is 1.46. The zero-order valence-electron chi connectivity index (χ0n) is 21.6. The molecule has 0 saturated heterocycles. The summed E-state index contributed by atoms with van der Waals surface area (Å²) in [7, 11) is 0. The van der Waals surface area contributed by atoms with Crippen molar-refractivity contribution in [1.29, 1.82) is 0 Å². The molecule has 40 heavy (non-hydrogen) atoms. The van der Waals surface area contributed by atoms with Gasteiger partial charge in [0.15, 0.2) is 6.23 Å². The average Bonchev–Trinajstić information content (AvgIpc) is 3.50. The number of benzene rings is 6. The van der Waals surface area contributed by atoms with Gasteiger partial charge in [-0.2, -0.15) is 0 Å². The topological polar surface area (TPSA) is 30.1 Å². The zero-order valence-corrected chi connectivity index (χ0v) is 21.6. The Kier molecular flexibility index (Phi) is 4.33. The lowest BCUT2D eigenvalue weighted by Gasteiger charge is -2.17. The van der Waals surface area contributed by atoms with Crippen LogP contribution in [-0.2, 0) is 0 Å². The molecule has 0 radical (unpaired) electrons. The molecule has 1 unspecified atom stereocenters. The fraction of sp³-hybridized carbons (Fsp3) is 0.0270. The number of aliphatic hydroxyl groups excluding tert-OH is 1. The first-order valence-corrected chi connectivity index (χ1v) is 13.7. The van der Waals surface area contributed by atoms with Crippen LogP contribution in [0.25, 0.3) is 71.6 Å². The third-order valence-corrected chi connectivity index (χ3v) is 8.60. The van der Waals surface area contributed by atoms with Crippen LogP contribution in [0.4, 0.5) is 0 Å². The van der Waals surface area contributed by atoms with Crippen molar-refractivity contribution in [2.24, 2.45) is 0 Å². The Hall–Kier alpha value is -5.12. The molecule has 0 aliphatic carbocycles. The predicted molar refractivity (Wildman–Crippen MR) is 165 cm³/mol. The van der Waals surface area contributed by atoms with Crippen molar-refractivity contribution in [1.82, 2.24) is 9.13 Å². The summed E-state index contributed by atoms with van der Waals surface area (Å²) in [6, 6.07) is 47.2. The van der Waals surface area contributed by atoms with Crippen LogP contribution in [0.1, 0.15) is 11.8 Å². The number of para-hydroxylation sites is 1. The molecule has 3 heterocycles. The molecule has 3 nitrogen and oxygen atoms in total. The van der Waals surface area contributed by atoms with Gasteiger partial charge in [0.25, 0.3) is 0 Å². The summed E-state index contributed by atoms with van der Waals surface area (Å²) >= 11 is 0. The van der Waals surface area contributed by atoms with Crippen LogP contribution in [-0.4, -0.2) is 14.2 Å². The van der Waals surface area contributed by atoms with E-state index in [1.165, 1.54) is 33.0 Å². The van der Waals surface area contributed by atoms with Crippen LogP contribution in [0.5, 0.6) is 0 Å². The largest absolute Gasteiger partial charge is 0.369 e. The summed E-state index contributed by atoms with van der Waals surface area (Å²) in [5.74, 6) is 0. The Morgan fingerprint density at radius 2 is 1.00 bits per heavy atom. The third kappa shape index (κ3) is 2.82. The summed E-state index contributed by atoms with van der Waals surface area (Å²) in [6.45, 7) is 0. The number of aromatic nitrogens is 2. The van der Waals surface area contributed by atoms with Gasteiger partial charge in [-0.15, -0.1) is 0 Å².